The molecule has 1 unspecified atom stereocenters. The van der Waals surface area contributed by atoms with Gasteiger partial charge < -0.3 is 20.3 Å². The molecule has 0 bridgehead atoms. The van der Waals surface area contributed by atoms with E-state index in [9.17, 15) is 4.79 Å². The van der Waals surface area contributed by atoms with E-state index in [0.29, 0.717) is 24.6 Å². The predicted molar refractivity (Wildman–Crippen MR) is 99.2 cm³/mol. The summed E-state index contributed by atoms with van der Waals surface area (Å²) in [6.07, 6.45) is 2.80. The first-order valence-corrected chi connectivity index (χ1v) is 9.09. The molecule has 2 N–H and O–H groups in total. The number of halogens is 1. The maximum absolute atomic E-state index is 11.6. The number of guanidine groups is 1. The van der Waals surface area contributed by atoms with Gasteiger partial charge in [-0.15, -0.1) is 0 Å². The topological polar surface area (TPSA) is 66.0 Å². The summed E-state index contributed by atoms with van der Waals surface area (Å²) < 4.78 is 5.70. The lowest BCUT2D eigenvalue weighted by atomic mass is 9.79. The Morgan fingerprint density at radius 1 is 1.52 bits per heavy atom. The van der Waals surface area contributed by atoms with Crippen molar-refractivity contribution >= 4 is 23.5 Å². The number of likely N-dealkylation sites (tertiary alicyclic amines) is 1. The van der Waals surface area contributed by atoms with Crippen molar-refractivity contribution < 1.29 is 9.53 Å². The smallest absolute Gasteiger partial charge is 0.220 e. The van der Waals surface area contributed by atoms with E-state index < -0.39 is 0 Å². The Morgan fingerprint density at radius 2 is 2.40 bits per heavy atom. The molecular weight excluding hydrogens is 340 g/mol. The summed E-state index contributed by atoms with van der Waals surface area (Å²) in [7, 11) is 1.79. The summed E-state index contributed by atoms with van der Waals surface area (Å²) in [5, 5.41) is 7.00. The van der Waals surface area contributed by atoms with Crippen LogP contribution in [-0.4, -0.2) is 56.6 Å². The summed E-state index contributed by atoms with van der Waals surface area (Å²) >= 11 is 5.95. The number of amides is 1. The fourth-order valence-electron chi connectivity index (χ4n) is 3.65. The molecule has 2 saturated heterocycles. The maximum Gasteiger partial charge on any atom is 0.220 e. The lowest BCUT2D eigenvalue weighted by Crippen LogP contribution is -2.51. The number of carbonyl (C=O) groups is 1. The second kappa shape index (κ2) is 7.95. The molecule has 7 heteroatoms. The maximum atomic E-state index is 11.6. The molecule has 1 aromatic rings. The first kappa shape index (κ1) is 17.9. The average molecular weight is 365 g/mol. The Labute approximate surface area is 153 Å². The number of hydrogen-bond donors (Lipinski definition) is 2. The van der Waals surface area contributed by atoms with E-state index >= 15 is 0 Å². The van der Waals surface area contributed by atoms with Crippen molar-refractivity contribution in [2.75, 3.05) is 39.8 Å². The predicted octanol–water partition coefficient (Wildman–Crippen LogP) is 1.90. The van der Waals surface area contributed by atoms with Crippen molar-refractivity contribution in [1.82, 2.24) is 15.5 Å². The number of piperidine rings is 1. The van der Waals surface area contributed by atoms with Gasteiger partial charge in [0.15, 0.2) is 5.96 Å². The van der Waals surface area contributed by atoms with Gasteiger partial charge in [0.1, 0.15) is 12.4 Å². The molecule has 0 aliphatic carbocycles. The molecule has 3 rings (SSSR count). The summed E-state index contributed by atoms with van der Waals surface area (Å²) in [4.78, 5) is 18.3. The van der Waals surface area contributed by atoms with Crippen LogP contribution in [-0.2, 0) is 4.79 Å². The highest BCUT2D eigenvalue weighted by molar-refractivity contribution is 6.30. The van der Waals surface area contributed by atoms with Crippen LogP contribution in [0.2, 0.25) is 5.02 Å². The molecule has 2 aliphatic rings. The number of benzene rings is 1. The van der Waals surface area contributed by atoms with Gasteiger partial charge in [0.25, 0.3) is 0 Å². The van der Waals surface area contributed by atoms with Crippen LogP contribution in [0.15, 0.2) is 29.3 Å². The van der Waals surface area contributed by atoms with E-state index in [0.717, 1.165) is 44.2 Å². The van der Waals surface area contributed by atoms with Crippen LogP contribution >= 0.6 is 11.6 Å². The van der Waals surface area contributed by atoms with Crippen LogP contribution < -0.4 is 15.4 Å². The second-order valence-electron chi connectivity index (χ2n) is 6.76. The summed E-state index contributed by atoms with van der Waals surface area (Å²) in [6, 6.07) is 7.38. The van der Waals surface area contributed by atoms with E-state index in [2.05, 4.69) is 20.5 Å². The van der Waals surface area contributed by atoms with Gasteiger partial charge in [-0.05, 0) is 31.0 Å². The van der Waals surface area contributed by atoms with Gasteiger partial charge in [-0.2, -0.15) is 0 Å². The van der Waals surface area contributed by atoms with Crippen LogP contribution in [0.5, 0.6) is 5.75 Å². The minimum Gasteiger partial charge on any atom is -0.492 e. The second-order valence-corrected chi connectivity index (χ2v) is 7.19. The third-order valence-corrected chi connectivity index (χ3v) is 5.05. The van der Waals surface area contributed by atoms with Gasteiger partial charge in [-0.1, -0.05) is 17.7 Å². The fourth-order valence-corrected chi connectivity index (χ4v) is 3.83. The zero-order chi connectivity index (χ0) is 17.7. The number of nitrogens with zero attached hydrogens (tertiary/aromatic N) is 2. The highest BCUT2D eigenvalue weighted by Crippen LogP contribution is 2.35. The van der Waals surface area contributed by atoms with E-state index in [4.69, 9.17) is 16.3 Å². The zero-order valence-corrected chi connectivity index (χ0v) is 15.3. The Hall–Kier alpha value is -1.95. The molecule has 1 atom stereocenters. The van der Waals surface area contributed by atoms with E-state index in [1.165, 1.54) is 0 Å². The number of hydrogen-bond acceptors (Lipinski definition) is 3. The van der Waals surface area contributed by atoms with Gasteiger partial charge in [-0.3, -0.25) is 9.79 Å². The number of rotatable bonds is 4. The lowest BCUT2D eigenvalue weighted by molar-refractivity contribution is -0.119. The first-order valence-electron chi connectivity index (χ1n) is 8.71. The molecule has 2 heterocycles. The Balaban J connectivity index is 1.48. The molecule has 136 valence electrons. The minimum absolute atomic E-state index is 0.0598. The molecular formula is C18H25ClN4O2. The molecule has 25 heavy (non-hydrogen) atoms. The molecule has 2 fully saturated rings. The number of carbonyl (C=O) groups excluding carboxylic acids is 1. The van der Waals surface area contributed by atoms with Crippen molar-refractivity contribution in [3.05, 3.63) is 29.3 Å². The van der Waals surface area contributed by atoms with Gasteiger partial charge in [-0.25, -0.2) is 0 Å². The van der Waals surface area contributed by atoms with Gasteiger partial charge in [0.2, 0.25) is 5.91 Å². The number of ether oxygens (including phenoxy) is 1. The normalized spacial score (nSPS) is 23.7. The molecule has 1 spiro atoms. The Kier molecular flexibility index (Phi) is 5.68. The molecule has 0 radical (unpaired) electrons. The van der Waals surface area contributed by atoms with Crippen molar-refractivity contribution in [1.29, 1.82) is 0 Å². The highest BCUT2D eigenvalue weighted by atomic mass is 35.5. The molecule has 2 aliphatic heterocycles. The number of aliphatic imine (C=N–C) groups is 1. The van der Waals surface area contributed by atoms with Crippen molar-refractivity contribution in [2.45, 2.75) is 19.3 Å². The monoisotopic (exact) mass is 364 g/mol. The van der Waals surface area contributed by atoms with Gasteiger partial charge in [0.05, 0.1) is 6.54 Å². The van der Waals surface area contributed by atoms with E-state index in [1.54, 1.807) is 13.1 Å². The lowest BCUT2D eigenvalue weighted by Gasteiger charge is -2.40. The molecule has 1 amide bonds. The van der Waals surface area contributed by atoms with Crippen molar-refractivity contribution in [3.63, 3.8) is 0 Å². The third kappa shape index (κ3) is 4.57. The van der Waals surface area contributed by atoms with Crippen molar-refractivity contribution in [3.8, 4) is 5.75 Å². The number of nitrogens with one attached hydrogen (secondary N) is 2. The third-order valence-electron chi connectivity index (χ3n) is 4.82. The SMILES string of the molecule is CN=C(NCCOc1cccc(Cl)c1)N1CCCC2(CNC(=O)C2)C1. The van der Waals surface area contributed by atoms with Crippen LogP contribution in [0.4, 0.5) is 0 Å². The quantitative estimate of drug-likeness (QED) is 0.486. The van der Waals surface area contributed by atoms with Gasteiger partial charge >= 0.3 is 0 Å². The highest BCUT2D eigenvalue weighted by Gasteiger charge is 2.42. The van der Waals surface area contributed by atoms with Crippen LogP contribution in [0.1, 0.15) is 19.3 Å². The average Bonchev–Trinajstić information content (AvgIpc) is 2.95. The summed E-state index contributed by atoms with van der Waals surface area (Å²) in [6.45, 7) is 3.78. The minimum atomic E-state index is 0.0598. The summed E-state index contributed by atoms with van der Waals surface area (Å²) in [5.41, 5.74) is 0.0598. The molecule has 6 nitrogen and oxygen atoms in total. The van der Waals surface area contributed by atoms with Crippen LogP contribution in [0, 0.1) is 5.41 Å². The van der Waals surface area contributed by atoms with Crippen molar-refractivity contribution in [2.24, 2.45) is 10.4 Å². The van der Waals surface area contributed by atoms with E-state index in [1.807, 2.05) is 18.2 Å². The summed E-state index contributed by atoms with van der Waals surface area (Å²) in [5.74, 6) is 1.80. The first-order chi connectivity index (χ1) is 12.1. The van der Waals surface area contributed by atoms with E-state index in [-0.39, 0.29) is 11.3 Å². The molecule has 1 aromatic carbocycles. The Bertz CT molecular complexity index is 652. The largest absolute Gasteiger partial charge is 0.492 e. The standard InChI is InChI=1S/C18H25ClN4O2/c1-20-17(21-7-9-25-15-5-2-4-14(19)10-15)23-8-3-6-18(13-23)11-16(24)22-12-18/h2,4-5,10H,3,6-9,11-13H2,1H3,(H,20,21)(H,22,24). The molecule has 0 aromatic heterocycles. The van der Waals surface area contributed by atoms with Gasteiger partial charge in [0, 0.05) is 43.5 Å². The van der Waals surface area contributed by atoms with Crippen LogP contribution in [0.3, 0.4) is 0 Å². The van der Waals surface area contributed by atoms with Crippen LogP contribution in [0.25, 0.3) is 0 Å². The fraction of sp³-hybridized carbons (Fsp3) is 0.556. The zero-order valence-electron chi connectivity index (χ0n) is 14.6. The molecule has 0 saturated carbocycles. The Morgan fingerprint density at radius 3 is 3.12 bits per heavy atom.